The van der Waals surface area contributed by atoms with E-state index < -0.39 is 0 Å². The summed E-state index contributed by atoms with van der Waals surface area (Å²) >= 11 is 3.32. The molecule has 10 heteroatoms. The molecule has 0 fully saturated rings. The van der Waals surface area contributed by atoms with Gasteiger partial charge in [0.15, 0.2) is 11.4 Å². The van der Waals surface area contributed by atoms with E-state index in [1.54, 1.807) is 47.2 Å². The van der Waals surface area contributed by atoms with Crippen LogP contribution in [0.4, 0.5) is 0 Å². The van der Waals surface area contributed by atoms with Crippen molar-refractivity contribution < 1.29 is 52.7 Å². The zero-order valence-electron chi connectivity index (χ0n) is 19.4. The van der Waals surface area contributed by atoms with Crippen molar-refractivity contribution in [3.63, 3.8) is 0 Å². The van der Waals surface area contributed by atoms with Gasteiger partial charge in [-0.1, -0.05) is 34.8 Å². The number of ketones is 2. The Morgan fingerprint density at radius 2 is 1.09 bits per heavy atom. The number of nitrogens with zero attached hydrogens (tertiary/aromatic N) is 4. The summed E-state index contributed by atoms with van der Waals surface area (Å²) in [7, 11) is 0. The molecule has 6 nitrogen and oxygen atoms in total. The lowest BCUT2D eigenvalue weighted by Crippen LogP contribution is -3.00. The van der Waals surface area contributed by atoms with Crippen molar-refractivity contribution in [2.75, 3.05) is 0 Å². The van der Waals surface area contributed by atoms with Crippen molar-refractivity contribution in [2.45, 2.75) is 40.8 Å². The van der Waals surface area contributed by atoms with E-state index in [-0.39, 0.29) is 45.5 Å². The number of thiazole rings is 2. The van der Waals surface area contributed by atoms with Crippen LogP contribution >= 0.6 is 22.7 Å². The summed E-state index contributed by atoms with van der Waals surface area (Å²) in [6.45, 7) is 8.90. The fourth-order valence-corrected chi connectivity index (χ4v) is 4.47. The van der Waals surface area contributed by atoms with Crippen LogP contribution in [0.2, 0.25) is 0 Å². The average Bonchev–Trinajstić information content (AvgIpc) is 3.31. The number of halogens is 2. The molecule has 4 aromatic heterocycles. The summed E-state index contributed by atoms with van der Waals surface area (Å²) < 4.78 is 3.94. The van der Waals surface area contributed by atoms with Gasteiger partial charge in [-0.2, -0.15) is 9.13 Å². The van der Waals surface area contributed by atoms with Crippen LogP contribution in [-0.4, -0.2) is 21.5 Å². The van der Waals surface area contributed by atoms with Gasteiger partial charge in [0.2, 0.25) is 35.7 Å². The Hall–Kier alpha value is -2.14. The van der Waals surface area contributed by atoms with Gasteiger partial charge in [0, 0.05) is 26.2 Å². The molecule has 0 saturated heterocycles. The molecule has 180 valence electrons. The monoisotopic (exact) mass is 624 g/mol. The number of aromatic nitrogens is 4. The highest BCUT2D eigenvalue weighted by Crippen LogP contribution is 2.09. The number of aryl methyl sites for hydroxylation is 2. The van der Waals surface area contributed by atoms with Gasteiger partial charge in [-0.15, -0.1) is 0 Å². The fraction of sp³-hybridized carbons (Fsp3) is 0.250. The smallest absolute Gasteiger partial charge is 0.245 e. The third-order valence-corrected chi connectivity index (χ3v) is 7.14. The molecule has 0 radical (unpaired) electrons. The lowest BCUT2D eigenvalue weighted by atomic mass is 10.2. The van der Waals surface area contributed by atoms with E-state index >= 15 is 0 Å². The Morgan fingerprint density at radius 1 is 0.706 bits per heavy atom. The lowest BCUT2D eigenvalue weighted by Gasteiger charge is -1.96. The molecule has 0 aliphatic rings. The van der Waals surface area contributed by atoms with Gasteiger partial charge < -0.3 is 34.0 Å². The largest absolute Gasteiger partial charge is 1.00 e. The minimum atomic E-state index is 0. The van der Waals surface area contributed by atoms with E-state index in [2.05, 4.69) is 23.8 Å². The van der Waals surface area contributed by atoms with E-state index in [1.165, 1.54) is 9.75 Å². The summed E-state index contributed by atoms with van der Waals surface area (Å²) in [5.74, 6) is 0.0954. The maximum atomic E-state index is 11.9. The number of hydrogen-bond acceptors (Lipinski definition) is 6. The summed E-state index contributed by atoms with van der Waals surface area (Å²) in [4.78, 5) is 34.4. The second-order valence-electron chi connectivity index (χ2n) is 7.26. The molecule has 0 unspecified atom stereocenters. The minimum absolute atomic E-state index is 0. The molecule has 0 aliphatic heterocycles. The summed E-state index contributed by atoms with van der Waals surface area (Å²) in [6, 6.07) is 10.8. The highest BCUT2D eigenvalue weighted by Gasteiger charge is 2.19. The lowest BCUT2D eigenvalue weighted by molar-refractivity contribution is -0.684. The Bertz CT molecular complexity index is 1120. The summed E-state index contributed by atoms with van der Waals surface area (Å²) in [5, 5.41) is 0. The van der Waals surface area contributed by atoms with Crippen molar-refractivity contribution in [2.24, 2.45) is 0 Å². The Balaban J connectivity index is 0.000000321. The van der Waals surface area contributed by atoms with Gasteiger partial charge in [0.05, 0.1) is 9.75 Å². The first-order valence-corrected chi connectivity index (χ1v) is 11.9. The van der Waals surface area contributed by atoms with Crippen LogP contribution < -0.4 is 43.1 Å². The fourth-order valence-electron chi connectivity index (χ4n) is 2.86. The van der Waals surface area contributed by atoms with Crippen LogP contribution in [0.3, 0.4) is 0 Å². The van der Waals surface area contributed by atoms with E-state index in [1.807, 2.05) is 58.3 Å². The molecular formula is C24H26Br2N4O2S2. The van der Waals surface area contributed by atoms with Crippen molar-refractivity contribution in [1.82, 2.24) is 9.97 Å². The molecule has 0 atom stereocenters. The molecule has 0 spiro atoms. The third-order valence-electron chi connectivity index (χ3n) is 5.12. The van der Waals surface area contributed by atoms with Crippen LogP contribution in [0.5, 0.6) is 0 Å². The van der Waals surface area contributed by atoms with E-state index in [0.29, 0.717) is 24.5 Å². The highest BCUT2D eigenvalue weighted by molar-refractivity contribution is 7.09. The summed E-state index contributed by atoms with van der Waals surface area (Å²) in [6.07, 6.45) is 3.28. The van der Waals surface area contributed by atoms with Gasteiger partial charge in [-0.3, -0.25) is 19.6 Å². The summed E-state index contributed by atoms with van der Waals surface area (Å²) in [5.41, 5.74) is 7.30. The number of carbonyl (C=O) groups is 2. The topological polar surface area (TPSA) is 67.7 Å². The molecule has 4 heterocycles. The maximum Gasteiger partial charge on any atom is 0.245 e. The van der Waals surface area contributed by atoms with E-state index in [9.17, 15) is 9.59 Å². The predicted octanol–water partition coefficient (Wildman–Crippen LogP) is -2.13. The van der Waals surface area contributed by atoms with Gasteiger partial charge in [0.25, 0.3) is 0 Å². The molecule has 4 rings (SSSR count). The average molecular weight is 626 g/mol. The normalized spacial score (nSPS) is 9.76. The first-order chi connectivity index (χ1) is 15.4. The van der Waals surface area contributed by atoms with Gasteiger partial charge in [-0.25, -0.2) is 0 Å². The number of Topliss-reactive ketones (excluding diaryl/α,β-unsaturated/α-hetero) is 2. The molecule has 0 amide bonds. The zero-order valence-corrected chi connectivity index (χ0v) is 24.2. The second kappa shape index (κ2) is 14.3. The first-order valence-electron chi connectivity index (χ1n) is 10.1. The molecular weight excluding hydrogens is 600 g/mol. The predicted molar refractivity (Wildman–Crippen MR) is 125 cm³/mol. The first kappa shape index (κ1) is 29.9. The molecule has 0 bridgehead atoms. The van der Waals surface area contributed by atoms with Crippen LogP contribution in [0.25, 0.3) is 0 Å². The highest BCUT2D eigenvalue weighted by atomic mass is 79.9. The second-order valence-corrected chi connectivity index (χ2v) is 9.38. The Morgan fingerprint density at radius 3 is 1.35 bits per heavy atom. The van der Waals surface area contributed by atoms with Crippen LogP contribution in [0, 0.1) is 27.7 Å². The molecule has 4 aromatic rings. The molecule has 34 heavy (non-hydrogen) atoms. The van der Waals surface area contributed by atoms with Crippen LogP contribution in [-0.2, 0) is 13.1 Å². The third kappa shape index (κ3) is 7.97. The van der Waals surface area contributed by atoms with Crippen molar-refractivity contribution in [3.05, 3.63) is 92.3 Å². The van der Waals surface area contributed by atoms with Crippen molar-refractivity contribution in [1.29, 1.82) is 0 Å². The standard InChI is InChI=1S/2C12H13N2OS.2BrH/c2*1-9-10(2)16-8-14(9)7-12(15)11-5-3-4-6-13-11;;/h2*3-6,8H,7H2,1-2H3;2*1H/q2*+1;;/p-2. The number of hydrogen-bond donors (Lipinski definition) is 0. The zero-order chi connectivity index (χ0) is 23.1. The van der Waals surface area contributed by atoms with Crippen LogP contribution in [0.15, 0.2) is 59.8 Å². The van der Waals surface area contributed by atoms with E-state index in [0.717, 1.165) is 11.4 Å². The number of rotatable bonds is 6. The van der Waals surface area contributed by atoms with Crippen molar-refractivity contribution in [3.8, 4) is 0 Å². The Labute approximate surface area is 228 Å². The van der Waals surface area contributed by atoms with Crippen LogP contribution in [0.1, 0.15) is 42.1 Å². The SMILES string of the molecule is Cc1sc[n+](CC(=O)c2ccccn2)c1C.Cc1sc[n+](CC(=O)c2ccccn2)c1C.[Br-].[Br-]. The van der Waals surface area contributed by atoms with Gasteiger partial charge in [-0.05, 0) is 38.1 Å². The van der Waals surface area contributed by atoms with Crippen molar-refractivity contribution >= 4 is 34.2 Å². The molecule has 0 N–H and O–H groups in total. The molecule has 0 saturated carbocycles. The molecule has 0 aromatic carbocycles. The number of pyridine rings is 2. The number of carbonyl (C=O) groups excluding carboxylic acids is 2. The Kier molecular flexibility index (Phi) is 12.6. The van der Waals surface area contributed by atoms with Gasteiger partial charge in [0.1, 0.15) is 11.4 Å². The van der Waals surface area contributed by atoms with E-state index in [4.69, 9.17) is 0 Å². The maximum absolute atomic E-state index is 11.9. The molecule has 0 aliphatic carbocycles. The minimum Gasteiger partial charge on any atom is -1.00 e. The van der Waals surface area contributed by atoms with Gasteiger partial charge >= 0.3 is 0 Å². The quantitative estimate of drug-likeness (QED) is 0.181.